The zero-order chi connectivity index (χ0) is 25.8. The first-order valence-corrected chi connectivity index (χ1v) is 11.0. The second kappa shape index (κ2) is 8.23. The van der Waals surface area contributed by atoms with E-state index in [4.69, 9.17) is 0 Å². The number of aromatic nitrogens is 1. The van der Waals surface area contributed by atoms with Gasteiger partial charge < -0.3 is 5.32 Å². The first kappa shape index (κ1) is 23.6. The summed E-state index contributed by atoms with van der Waals surface area (Å²) in [4.78, 5) is 44.0. The third-order valence-electron chi connectivity index (χ3n) is 7.03. The maximum absolute atomic E-state index is 14.0. The molecule has 0 radical (unpaired) electrons. The molecule has 1 aromatic heterocycles. The maximum atomic E-state index is 14.0. The Kier molecular flexibility index (Phi) is 5.40. The van der Waals surface area contributed by atoms with Crippen molar-refractivity contribution in [3.8, 4) is 0 Å². The van der Waals surface area contributed by atoms with E-state index in [0.29, 0.717) is 5.56 Å². The summed E-state index contributed by atoms with van der Waals surface area (Å²) in [6.45, 7) is 0.0982. The van der Waals surface area contributed by atoms with Crippen LogP contribution in [0, 0.1) is 16.0 Å². The SMILES string of the molecule is CN1C[C@H](c2cccc([N+](=O)[O-])c2)[C@@H](C(=O)c2cccnc2)[C@@]12C(=O)Nc1c(C(F)(F)F)cccc12. The van der Waals surface area contributed by atoms with Crippen LogP contribution in [-0.2, 0) is 16.5 Å². The summed E-state index contributed by atoms with van der Waals surface area (Å²) in [7, 11) is 1.57. The van der Waals surface area contributed by atoms with Gasteiger partial charge in [0.05, 0.1) is 22.1 Å². The third-order valence-corrected chi connectivity index (χ3v) is 7.03. The molecule has 1 N–H and O–H groups in total. The number of carbonyl (C=O) groups is 2. The summed E-state index contributed by atoms with van der Waals surface area (Å²) in [6, 6.07) is 12.3. The van der Waals surface area contributed by atoms with E-state index in [0.717, 1.165) is 6.07 Å². The number of rotatable bonds is 4. The molecule has 0 aliphatic carbocycles. The van der Waals surface area contributed by atoms with Gasteiger partial charge in [-0.25, -0.2) is 0 Å². The molecule has 2 aliphatic rings. The minimum Gasteiger partial charge on any atom is -0.323 e. The molecule has 184 valence electrons. The minimum atomic E-state index is -4.73. The van der Waals surface area contributed by atoms with Crippen molar-refractivity contribution in [2.24, 2.45) is 5.92 Å². The minimum absolute atomic E-state index is 0.0417. The van der Waals surface area contributed by atoms with Crippen LogP contribution in [-0.4, -0.2) is 40.1 Å². The number of alkyl halides is 3. The zero-order valence-corrected chi connectivity index (χ0v) is 18.8. The average Bonchev–Trinajstić information content (AvgIpc) is 3.33. The molecule has 3 atom stereocenters. The van der Waals surface area contributed by atoms with Gasteiger partial charge in [0.2, 0.25) is 5.91 Å². The van der Waals surface area contributed by atoms with Crippen LogP contribution in [0.2, 0.25) is 0 Å². The Bertz CT molecular complexity index is 1400. The fraction of sp³-hybridized carbons (Fsp3) is 0.240. The second-order valence-corrected chi connectivity index (χ2v) is 8.87. The number of hydrogen-bond acceptors (Lipinski definition) is 6. The number of fused-ring (bicyclic) bond motifs is 2. The number of nitrogens with zero attached hydrogens (tertiary/aromatic N) is 3. The molecular formula is C25H19F3N4O4. The number of amides is 1. The van der Waals surface area contributed by atoms with E-state index < -0.39 is 45.7 Å². The van der Waals surface area contributed by atoms with Crippen LogP contribution >= 0.6 is 0 Å². The number of benzene rings is 2. The lowest BCUT2D eigenvalue weighted by molar-refractivity contribution is -0.384. The van der Waals surface area contributed by atoms with Crippen molar-refractivity contribution >= 4 is 23.1 Å². The van der Waals surface area contributed by atoms with Crippen molar-refractivity contribution in [2.75, 3.05) is 18.9 Å². The van der Waals surface area contributed by atoms with Gasteiger partial charge in [-0.3, -0.25) is 29.6 Å². The summed E-state index contributed by atoms with van der Waals surface area (Å²) < 4.78 is 41.5. The smallest absolute Gasteiger partial charge is 0.323 e. The first-order chi connectivity index (χ1) is 17.1. The Morgan fingerprint density at radius 1 is 1.19 bits per heavy atom. The number of carbonyl (C=O) groups excluding carboxylic acids is 2. The Balaban J connectivity index is 1.76. The molecule has 36 heavy (non-hydrogen) atoms. The number of likely N-dealkylation sites (N-methyl/N-ethyl adjacent to an activating group) is 1. The number of likely N-dealkylation sites (tertiary alicyclic amines) is 1. The molecule has 8 nitrogen and oxygen atoms in total. The van der Waals surface area contributed by atoms with E-state index in [9.17, 15) is 32.9 Å². The Morgan fingerprint density at radius 3 is 2.61 bits per heavy atom. The highest BCUT2D eigenvalue weighted by Gasteiger charge is 2.65. The lowest BCUT2D eigenvalue weighted by atomic mass is 9.70. The molecule has 3 aromatic rings. The molecule has 2 aliphatic heterocycles. The number of nitro benzene ring substituents is 1. The summed E-state index contributed by atoms with van der Waals surface area (Å²) in [6.07, 6.45) is -1.93. The second-order valence-electron chi connectivity index (χ2n) is 8.87. The first-order valence-electron chi connectivity index (χ1n) is 11.0. The van der Waals surface area contributed by atoms with E-state index in [1.807, 2.05) is 0 Å². The summed E-state index contributed by atoms with van der Waals surface area (Å²) in [5.74, 6) is -3.16. The van der Waals surface area contributed by atoms with E-state index in [2.05, 4.69) is 10.3 Å². The number of non-ortho nitro benzene ring substituents is 1. The molecule has 2 aromatic carbocycles. The number of ketones is 1. The molecule has 1 amide bonds. The normalized spacial score (nSPS) is 23.5. The molecule has 0 unspecified atom stereocenters. The Hall–Kier alpha value is -4.12. The van der Waals surface area contributed by atoms with E-state index in [-0.39, 0.29) is 29.0 Å². The highest BCUT2D eigenvalue weighted by molar-refractivity contribution is 6.12. The molecule has 1 fully saturated rings. The quantitative estimate of drug-likeness (QED) is 0.327. The van der Waals surface area contributed by atoms with Gasteiger partial charge in [-0.15, -0.1) is 0 Å². The van der Waals surface area contributed by atoms with E-state index in [1.54, 1.807) is 24.1 Å². The van der Waals surface area contributed by atoms with Gasteiger partial charge in [-0.1, -0.05) is 24.3 Å². The standard InChI is InChI=1S/C25H19F3N4O4/c1-31-13-17(14-5-2-7-16(11-14)32(35)36)20(22(33)15-6-4-10-29-12-15)24(31)18-8-3-9-19(25(26,27)28)21(18)30-23(24)34/h2-12,17,20H,13H2,1H3,(H,30,34)/t17-,20+,24+/m1/s1. The van der Waals surface area contributed by atoms with Crippen LogP contribution < -0.4 is 5.32 Å². The predicted molar refractivity (Wildman–Crippen MR) is 122 cm³/mol. The fourth-order valence-corrected chi connectivity index (χ4v) is 5.56. The topological polar surface area (TPSA) is 105 Å². The van der Waals surface area contributed by atoms with Gasteiger partial charge in [0.15, 0.2) is 5.78 Å². The van der Waals surface area contributed by atoms with Crippen LogP contribution in [0.3, 0.4) is 0 Å². The van der Waals surface area contributed by atoms with Crippen molar-refractivity contribution in [1.29, 1.82) is 0 Å². The Labute approximate surface area is 202 Å². The van der Waals surface area contributed by atoms with Gasteiger partial charge in [-0.05, 0) is 30.8 Å². The van der Waals surface area contributed by atoms with Gasteiger partial charge >= 0.3 is 6.18 Å². The lowest BCUT2D eigenvalue weighted by Crippen LogP contribution is -2.51. The molecule has 0 bridgehead atoms. The van der Waals surface area contributed by atoms with Crippen LogP contribution in [0.1, 0.15) is 33.0 Å². The molecule has 11 heteroatoms. The number of anilines is 1. The number of nitro groups is 1. The highest BCUT2D eigenvalue weighted by atomic mass is 19.4. The van der Waals surface area contributed by atoms with Crippen molar-refractivity contribution in [3.63, 3.8) is 0 Å². The molecule has 3 heterocycles. The number of hydrogen-bond donors (Lipinski definition) is 1. The number of para-hydroxylation sites is 1. The predicted octanol–water partition coefficient (Wildman–Crippen LogP) is 4.38. The van der Waals surface area contributed by atoms with Crippen molar-refractivity contribution in [2.45, 2.75) is 17.6 Å². The van der Waals surface area contributed by atoms with Crippen LogP contribution in [0.4, 0.5) is 24.5 Å². The molecule has 5 rings (SSSR count). The molecule has 1 saturated heterocycles. The Morgan fingerprint density at radius 2 is 1.94 bits per heavy atom. The number of Topliss-reactive ketones (excluding diaryl/α,β-unsaturated/α-hetero) is 1. The fourth-order valence-electron chi connectivity index (χ4n) is 5.56. The monoisotopic (exact) mass is 496 g/mol. The summed E-state index contributed by atoms with van der Waals surface area (Å²) in [5, 5.41) is 13.8. The van der Waals surface area contributed by atoms with Crippen LogP contribution in [0.15, 0.2) is 67.0 Å². The molecule has 0 saturated carbocycles. The van der Waals surface area contributed by atoms with E-state index in [1.165, 1.54) is 48.8 Å². The maximum Gasteiger partial charge on any atom is 0.418 e. The highest BCUT2D eigenvalue weighted by Crippen LogP contribution is 2.57. The van der Waals surface area contributed by atoms with Crippen molar-refractivity contribution < 1.29 is 27.7 Å². The summed E-state index contributed by atoms with van der Waals surface area (Å²) >= 11 is 0. The third kappa shape index (κ3) is 3.38. The molecule has 1 spiro atoms. The molecular weight excluding hydrogens is 477 g/mol. The van der Waals surface area contributed by atoms with Crippen LogP contribution in [0.25, 0.3) is 0 Å². The van der Waals surface area contributed by atoms with Crippen molar-refractivity contribution in [1.82, 2.24) is 9.88 Å². The van der Waals surface area contributed by atoms with Gasteiger partial charge in [0.1, 0.15) is 5.54 Å². The zero-order valence-electron chi connectivity index (χ0n) is 18.8. The van der Waals surface area contributed by atoms with E-state index >= 15 is 0 Å². The van der Waals surface area contributed by atoms with Crippen LogP contribution in [0.5, 0.6) is 0 Å². The van der Waals surface area contributed by atoms with Gasteiger partial charge in [0, 0.05) is 48.1 Å². The average molecular weight is 496 g/mol. The van der Waals surface area contributed by atoms with Gasteiger partial charge in [0.25, 0.3) is 5.69 Å². The number of halogens is 3. The summed E-state index contributed by atoms with van der Waals surface area (Å²) in [5.41, 5.74) is -2.70. The lowest BCUT2D eigenvalue weighted by Gasteiger charge is -2.35. The number of nitrogens with one attached hydrogen (secondary N) is 1. The largest absolute Gasteiger partial charge is 0.418 e. The van der Waals surface area contributed by atoms with Crippen molar-refractivity contribution in [3.05, 3.63) is 99.4 Å². The number of pyridine rings is 1. The van der Waals surface area contributed by atoms with Gasteiger partial charge in [-0.2, -0.15) is 13.2 Å².